The van der Waals surface area contributed by atoms with Crippen molar-refractivity contribution in [3.8, 4) is 0 Å². The average molecular weight is 317 g/mol. The molecule has 1 heterocycles. The van der Waals surface area contributed by atoms with Crippen molar-refractivity contribution in [1.29, 1.82) is 0 Å². The molecule has 0 aromatic carbocycles. The summed E-state index contributed by atoms with van der Waals surface area (Å²) >= 11 is 0. The Labute approximate surface area is 127 Å². The summed E-state index contributed by atoms with van der Waals surface area (Å²) in [6.45, 7) is 10.4. The Morgan fingerprint density at radius 1 is 1.29 bits per heavy atom. The first-order chi connectivity index (χ1) is 10.0. The van der Waals surface area contributed by atoms with Crippen LogP contribution >= 0.6 is 0 Å². The van der Waals surface area contributed by atoms with E-state index in [1.54, 1.807) is 6.20 Å². The molecule has 0 radical (unpaired) electrons. The van der Waals surface area contributed by atoms with Crippen molar-refractivity contribution in [2.24, 2.45) is 0 Å². The molecule has 0 aliphatic carbocycles. The molecule has 1 aromatic heterocycles. The summed E-state index contributed by atoms with van der Waals surface area (Å²) in [7, 11) is -3.53. The maximum atomic E-state index is 12.3. The van der Waals surface area contributed by atoms with Gasteiger partial charge in [-0.25, -0.2) is 13.1 Å². The third kappa shape index (κ3) is 5.74. The molecule has 0 unspecified atom stereocenters. The summed E-state index contributed by atoms with van der Waals surface area (Å²) in [6, 6.07) is 0. The van der Waals surface area contributed by atoms with Gasteiger partial charge in [0.1, 0.15) is 0 Å². The largest absolute Gasteiger partial charge is 0.313 e. The minimum absolute atomic E-state index is 0.155. The summed E-state index contributed by atoms with van der Waals surface area (Å²) in [5.74, 6) is 0. The molecule has 0 atom stereocenters. The van der Waals surface area contributed by atoms with Gasteiger partial charge in [-0.2, -0.15) is 5.10 Å². The van der Waals surface area contributed by atoms with Crippen molar-refractivity contribution in [3.63, 3.8) is 0 Å². The molecule has 3 N–H and O–H groups in total. The van der Waals surface area contributed by atoms with Crippen LogP contribution < -0.4 is 10.0 Å². The number of aromatic amines is 1. The lowest BCUT2D eigenvalue weighted by Gasteiger charge is -2.19. The van der Waals surface area contributed by atoms with Gasteiger partial charge in [0, 0.05) is 25.2 Å². The third-order valence-electron chi connectivity index (χ3n) is 3.22. The van der Waals surface area contributed by atoms with Crippen molar-refractivity contribution in [1.82, 2.24) is 25.1 Å². The number of sulfonamides is 1. The molecule has 0 bridgehead atoms. The second-order valence-corrected chi connectivity index (χ2v) is 6.54. The van der Waals surface area contributed by atoms with Gasteiger partial charge in [-0.05, 0) is 26.1 Å². The standard InChI is InChI=1S/C13H27N5O2S/c1-4-8-18(6-3)9-7-16-21(19,20)13-12(10-14-5-2)11-15-17-13/h11,14,16H,4-10H2,1-3H3,(H,15,17). The Bertz CT molecular complexity index is 500. The summed E-state index contributed by atoms with van der Waals surface area (Å²) in [5, 5.41) is 9.67. The van der Waals surface area contributed by atoms with E-state index in [4.69, 9.17) is 0 Å². The van der Waals surface area contributed by atoms with Crippen molar-refractivity contribution in [2.75, 3.05) is 32.7 Å². The minimum Gasteiger partial charge on any atom is -0.313 e. The first-order valence-corrected chi connectivity index (χ1v) is 8.98. The first-order valence-electron chi connectivity index (χ1n) is 7.50. The molecule has 8 heteroatoms. The van der Waals surface area contributed by atoms with Crippen LogP contribution in [0.25, 0.3) is 0 Å². The van der Waals surface area contributed by atoms with Crippen molar-refractivity contribution in [2.45, 2.75) is 38.8 Å². The quantitative estimate of drug-likeness (QED) is 0.554. The normalized spacial score (nSPS) is 12.2. The van der Waals surface area contributed by atoms with Crippen molar-refractivity contribution >= 4 is 10.0 Å². The van der Waals surface area contributed by atoms with Gasteiger partial charge in [0.25, 0.3) is 10.0 Å². The number of hydrogen-bond acceptors (Lipinski definition) is 5. The van der Waals surface area contributed by atoms with Crippen LogP contribution in [0.15, 0.2) is 11.2 Å². The van der Waals surface area contributed by atoms with E-state index in [0.717, 1.165) is 26.1 Å². The fraction of sp³-hybridized carbons (Fsp3) is 0.769. The fourth-order valence-electron chi connectivity index (χ4n) is 2.07. The molecular formula is C13H27N5O2S. The Morgan fingerprint density at radius 3 is 2.67 bits per heavy atom. The second-order valence-electron chi connectivity index (χ2n) is 4.84. The molecule has 0 aliphatic heterocycles. The highest BCUT2D eigenvalue weighted by Gasteiger charge is 2.20. The number of hydrogen-bond donors (Lipinski definition) is 3. The lowest BCUT2D eigenvalue weighted by atomic mass is 10.3. The molecule has 7 nitrogen and oxygen atoms in total. The van der Waals surface area contributed by atoms with Crippen LogP contribution in [0.3, 0.4) is 0 Å². The Hall–Kier alpha value is -0.960. The van der Waals surface area contributed by atoms with E-state index in [1.165, 1.54) is 0 Å². The molecule has 0 aliphatic rings. The number of nitrogens with zero attached hydrogens (tertiary/aromatic N) is 2. The van der Waals surface area contributed by atoms with Gasteiger partial charge >= 0.3 is 0 Å². The van der Waals surface area contributed by atoms with E-state index in [0.29, 0.717) is 25.2 Å². The molecule has 0 saturated carbocycles. The molecule has 21 heavy (non-hydrogen) atoms. The third-order valence-corrected chi connectivity index (χ3v) is 4.69. The Kier molecular flexibility index (Phi) is 7.87. The number of H-pyrrole nitrogens is 1. The second kappa shape index (κ2) is 9.14. The van der Waals surface area contributed by atoms with E-state index in [-0.39, 0.29) is 5.03 Å². The van der Waals surface area contributed by atoms with Crippen LogP contribution in [0.4, 0.5) is 0 Å². The number of likely N-dealkylation sites (N-methyl/N-ethyl adjacent to an activating group) is 1. The number of aromatic nitrogens is 2. The molecule has 1 rings (SSSR count). The highest BCUT2D eigenvalue weighted by Crippen LogP contribution is 2.11. The molecular weight excluding hydrogens is 290 g/mol. The van der Waals surface area contributed by atoms with Gasteiger partial charge in [0.05, 0.1) is 6.20 Å². The van der Waals surface area contributed by atoms with E-state index < -0.39 is 10.0 Å². The smallest absolute Gasteiger partial charge is 0.257 e. The van der Waals surface area contributed by atoms with Gasteiger partial charge in [-0.15, -0.1) is 0 Å². The molecule has 0 saturated heterocycles. The predicted molar refractivity (Wildman–Crippen MR) is 83.6 cm³/mol. The van der Waals surface area contributed by atoms with Crippen molar-refractivity contribution < 1.29 is 8.42 Å². The van der Waals surface area contributed by atoms with E-state index in [1.807, 2.05) is 6.92 Å². The lowest BCUT2D eigenvalue weighted by molar-refractivity contribution is 0.293. The zero-order valence-corrected chi connectivity index (χ0v) is 14.0. The summed E-state index contributed by atoms with van der Waals surface area (Å²) in [4.78, 5) is 2.22. The zero-order chi connectivity index (χ0) is 15.7. The van der Waals surface area contributed by atoms with Crippen LogP contribution in [0, 0.1) is 0 Å². The summed E-state index contributed by atoms with van der Waals surface area (Å²) < 4.78 is 27.2. The van der Waals surface area contributed by atoms with Gasteiger partial charge < -0.3 is 10.2 Å². The van der Waals surface area contributed by atoms with Gasteiger partial charge in [-0.1, -0.05) is 20.8 Å². The molecule has 0 spiro atoms. The van der Waals surface area contributed by atoms with Gasteiger partial charge in [-0.3, -0.25) is 5.10 Å². The molecule has 1 aromatic rings. The molecule has 122 valence electrons. The zero-order valence-electron chi connectivity index (χ0n) is 13.1. The summed E-state index contributed by atoms with van der Waals surface area (Å²) in [6.07, 6.45) is 2.61. The first kappa shape index (κ1) is 18.1. The maximum absolute atomic E-state index is 12.3. The monoisotopic (exact) mass is 317 g/mol. The van der Waals surface area contributed by atoms with Crippen LogP contribution in [0.2, 0.25) is 0 Å². The van der Waals surface area contributed by atoms with Crippen LogP contribution in [0.1, 0.15) is 32.8 Å². The van der Waals surface area contributed by atoms with Gasteiger partial charge in [0.15, 0.2) is 5.03 Å². The number of rotatable bonds is 11. The van der Waals surface area contributed by atoms with Crippen LogP contribution in [-0.2, 0) is 16.6 Å². The Balaban J connectivity index is 2.59. The topological polar surface area (TPSA) is 90.1 Å². The van der Waals surface area contributed by atoms with E-state index >= 15 is 0 Å². The fourth-order valence-corrected chi connectivity index (χ4v) is 3.22. The maximum Gasteiger partial charge on any atom is 0.257 e. The van der Waals surface area contributed by atoms with Crippen LogP contribution in [0.5, 0.6) is 0 Å². The van der Waals surface area contributed by atoms with Gasteiger partial charge in [0.2, 0.25) is 0 Å². The highest BCUT2D eigenvalue weighted by molar-refractivity contribution is 7.89. The SMILES string of the molecule is CCCN(CC)CCNS(=O)(=O)c1[nH]ncc1CNCC. The molecule has 0 amide bonds. The Morgan fingerprint density at radius 2 is 2.05 bits per heavy atom. The van der Waals surface area contributed by atoms with Crippen molar-refractivity contribution in [3.05, 3.63) is 11.8 Å². The lowest BCUT2D eigenvalue weighted by Crippen LogP contribution is -2.35. The summed E-state index contributed by atoms with van der Waals surface area (Å²) in [5.41, 5.74) is 0.658. The molecule has 0 fully saturated rings. The predicted octanol–water partition coefficient (Wildman–Crippen LogP) is 0.529. The van der Waals surface area contributed by atoms with Crippen LogP contribution in [-0.4, -0.2) is 56.2 Å². The highest BCUT2D eigenvalue weighted by atomic mass is 32.2. The number of nitrogens with one attached hydrogen (secondary N) is 3. The minimum atomic E-state index is -3.53. The van der Waals surface area contributed by atoms with E-state index in [9.17, 15) is 8.42 Å². The van der Waals surface area contributed by atoms with E-state index in [2.05, 4.69) is 39.0 Å². The average Bonchev–Trinajstić information content (AvgIpc) is 2.93.